The molecule has 1 N–H and O–H groups in total. The third-order valence-electron chi connectivity index (χ3n) is 4.61. The average molecular weight is 288 g/mol. The largest absolute Gasteiger partial charge is 0.313 e. The number of nitrogens with zero attached hydrogens (tertiary/aromatic N) is 1. The summed E-state index contributed by atoms with van der Waals surface area (Å²) in [6, 6.07) is 8.68. The third-order valence-corrected chi connectivity index (χ3v) is 4.61. The molecule has 0 radical (unpaired) electrons. The lowest BCUT2D eigenvalue weighted by Crippen LogP contribution is -2.42. The first kappa shape index (κ1) is 16.0. The molecule has 1 aliphatic rings. The average Bonchev–Trinajstić information content (AvgIpc) is 2.54. The Morgan fingerprint density at radius 3 is 2.81 bits per heavy atom. The Balaban J connectivity index is 2.22. The first-order chi connectivity index (χ1) is 10.2. The van der Waals surface area contributed by atoms with Crippen LogP contribution in [0, 0.1) is 5.92 Å². The number of benzene rings is 1. The Kier molecular flexibility index (Phi) is 5.80. The van der Waals surface area contributed by atoms with Crippen LogP contribution in [0.15, 0.2) is 24.3 Å². The number of carbonyl (C=O) groups excluding carboxylic acids is 1. The Labute approximate surface area is 128 Å². The van der Waals surface area contributed by atoms with E-state index in [4.69, 9.17) is 0 Å². The van der Waals surface area contributed by atoms with Gasteiger partial charge in [-0.1, -0.05) is 44.9 Å². The number of anilines is 1. The van der Waals surface area contributed by atoms with Gasteiger partial charge in [0.05, 0.1) is 0 Å². The van der Waals surface area contributed by atoms with E-state index in [0.717, 1.165) is 44.3 Å². The van der Waals surface area contributed by atoms with Crippen LogP contribution in [-0.4, -0.2) is 19.5 Å². The summed E-state index contributed by atoms with van der Waals surface area (Å²) in [5.74, 6) is 0.483. The minimum absolute atomic E-state index is 0.171. The van der Waals surface area contributed by atoms with Gasteiger partial charge in [-0.15, -0.1) is 0 Å². The van der Waals surface area contributed by atoms with Crippen LogP contribution in [-0.2, 0) is 4.79 Å². The monoisotopic (exact) mass is 288 g/mol. The van der Waals surface area contributed by atoms with E-state index in [9.17, 15) is 4.79 Å². The van der Waals surface area contributed by atoms with E-state index in [2.05, 4.69) is 37.4 Å². The standard InChI is InChI=1S/C18H28N2O/c1-4-6-9-14(5-2)18(21)20-13-12-16(19-3)15-10-7-8-11-17(15)20/h7-8,10-11,14,16,19H,4-6,9,12-13H2,1-3H3. The van der Waals surface area contributed by atoms with Crippen molar-refractivity contribution in [3.8, 4) is 0 Å². The molecular formula is C18H28N2O. The van der Waals surface area contributed by atoms with Gasteiger partial charge in [-0.25, -0.2) is 0 Å². The zero-order valence-corrected chi connectivity index (χ0v) is 13.6. The van der Waals surface area contributed by atoms with E-state index >= 15 is 0 Å². The number of hydrogen-bond acceptors (Lipinski definition) is 2. The van der Waals surface area contributed by atoms with Gasteiger partial charge in [-0.3, -0.25) is 4.79 Å². The molecule has 0 saturated heterocycles. The molecule has 1 amide bonds. The maximum atomic E-state index is 12.9. The maximum absolute atomic E-state index is 12.9. The summed E-state index contributed by atoms with van der Waals surface area (Å²) in [5, 5.41) is 3.36. The molecule has 0 fully saturated rings. The van der Waals surface area contributed by atoms with E-state index in [1.165, 1.54) is 5.56 Å². The number of carbonyl (C=O) groups is 1. The Hall–Kier alpha value is -1.35. The number of fused-ring (bicyclic) bond motifs is 1. The Morgan fingerprint density at radius 1 is 1.38 bits per heavy atom. The summed E-state index contributed by atoms with van der Waals surface area (Å²) in [6.07, 6.45) is 5.23. The van der Waals surface area contributed by atoms with Crippen molar-refractivity contribution in [3.05, 3.63) is 29.8 Å². The Bertz CT molecular complexity index is 472. The maximum Gasteiger partial charge on any atom is 0.230 e. The van der Waals surface area contributed by atoms with Crippen molar-refractivity contribution in [2.75, 3.05) is 18.5 Å². The van der Waals surface area contributed by atoms with E-state index in [1.54, 1.807) is 0 Å². The summed E-state index contributed by atoms with van der Waals surface area (Å²) in [7, 11) is 2.00. The number of rotatable bonds is 6. The van der Waals surface area contributed by atoms with Crippen molar-refractivity contribution < 1.29 is 4.79 Å². The highest BCUT2D eigenvalue weighted by Gasteiger charge is 2.30. The van der Waals surface area contributed by atoms with E-state index in [1.807, 2.05) is 18.0 Å². The fraction of sp³-hybridized carbons (Fsp3) is 0.611. The molecule has 3 heteroatoms. The van der Waals surface area contributed by atoms with Crippen LogP contribution >= 0.6 is 0 Å². The number of unbranched alkanes of at least 4 members (excludes halogenated alkanes) is 1. The van der Waals surface area contributed by atoms with Crippen LogP contribution in [0.2, 0.25) is 0 Å². The lowest BCUT2D eigenvalue weighted by atomic mass is 9.92. The van der Waals surface area contributed by atoms with Crippen LogP contribution in [0.1, 0.15) is 57.6 Å². The number of amides is 1. The van der Waals surface area contributed by atoms with E-state index in [0.29, 0.717) is 11.9 Å². The van der Waals surface area contributed by atoms with Crippen molar-refractivity contribution >= 4 is 11.6 Å². The molecule has 1 aromatic rings. The number of hydrogen-bond donors (Lipinski definition) is 1. The molecule has 2 atom stereocenters. The highest BCUT2D eigenvalue weighted by atomic mass is 16.2. The summed E-state index contributed by atoms with van der Waals surface area (Å²) < 4.78 is 0. The van der Waals surface area contributed by atoms with Gasteiger partial charge in [-0.2, -0.15) is 0 Å². The SMILES string of the molecule is CCCCC(CC)C(=O)N1CCC(NC)c2ccccc21. The van der Waals surface area contributed by atoms with Crippen molar-refractivity contribution in [2.45, 2.75) is 52.0 Å². The lowest BCUT2D eigenvalue weighted by molar-refractivity contribution is -0.122. The fourth-order valence-corrected chi connectivity index (χ4v) is 3.26. The first-order valence-corrected chi connectivity index (χ1v) is 8.30. The third kappa shape index (κ3) is 3.46. The van der Waals surface area contributed by atoms with Crippen molar-refractivity contribution in [1.29, 1.82) is 0 Å². The van der Waals surface area contributed by atoms with E-state index in [-0.39, 0.29) is 5.92 Å². The fourth-order valence-electron chi connectivity index (χ4n) is 3.26. The zero-order chi connectivity index (χ0) is 15.2. The second-order valence-electron chi connectivity index (χ2n) is 5.93. The molecule has 0 aliphatic carbocycles. The molecule has 1 heterocycles. The predicted octanol–water partition coefficient (Wildman–Crippen LogP) is 3.90. The van der Waals surface area contributed by atoms with Crippen LogP contribution in [0.5, 0.6) is 0 Å². The summed E-state index contributed by atoms with van der Waals surface area (Å²) in [4.78, 5) is 14.9. The molecule has 0 saturated carbocycles. The van der Waals surface area contributed by atoms with Crippen LogP contribution < -0.4 is 10.2 Å². The normalized spacial score (nSPS) is 19.2. The molecule has 1 aromatic carbocycles. The highest BCUT2D eigenvalue weighted by Crippen LogP contribution is 2.34. The second kappa shape index (κ2) is 7.60. The van der Waals surface area contributed by atoms with Crippen LogP contribution in [0.25, 0.3) is 0 Å². The molecule has 3 nitrogen and oxygen atoms in total. The van der Waals surface area contributed by atoms with Gasteiger partial charge >= 0.3 is 0 Å². The van der Waals surface area contributed by atoms with Crippen LogP contribution in [0.3, 0.4) is 0 Å². The molecule has 0 spiro atoms. The van der Waals surface area contributed by atoms with Gasteiger partial charge in [-0.05, 0) is 37.9 Å². The van der Waals surface area contributed by atoms with Gasteiger partial charge in [0.15, 0.2) is 0 Å². The lowest BCUT2D eigenvalue weighted by Gasteiger charge is -2.36. The molecular weight excluding hydrogens is 260 g/mol. The first-order valence-electron chi connectivity index (χ1n) is 8.30. The van der Waals surface area contributed by atoms with Gasteiger partial charge in [0.1, 0.15) is 0 Å². The minimum Gasteiger partial charge on any atom is -0.313 e. The molecule has 0 aromatic heterocycles. The zero-order valence-electron chi connectivity index (χ0n) is 13.6. The van der Waals surface area contributed by atoms with Gasteiger partial charge in [0.2, 0.25) is 5.91 Å². The molecule has 1 aliphatic heterocycles. The molecule has 116 valence electrons. The summed E-state index contributed by atoms with van der Waals surface area (Å²) >= 11 is 0. The molecule has 0 bridgehead atoms. The summed E-state index contributed by atoms with van der Waals surface area (Å²) in [5.41, 5.74) is 2.35. The smallest absolute Gasteiger partial charge is 0.230 e. The van der Waals surface area contributed by atoms with Gasteiger partial charge in [0, 0.05) is 24.2 Å². The number of para-hydroxylation sites is 1. The highest BCUT2D eigenvalue weighted by molar-refractivity contribution is 5.96. The molecule has 2 rings (SSSR count). The van der Waals surface area contributed by atoms with Gasteiger partial charge in [0.25, 0.3) is 0 Å². The Morgan fingerprint density at radius 2 is 2.14 bits per heavy atom. The summed E-state index contributed by atoms with van der Waals surface area (Å²) in [6.45, 7) is 5.14. The van der Waals surface area contributed by atoms with E-state index < -0.39 is 0 Å². The number of nitrogens with one attached hydrogen (secondary N) is 1. The predicted molar refractivity (Wildman–Crippen MR) is 88.5 cm³/mol. The van der Waals surface area contributed by atoms with Crippen molar-refractivity contribution in [2.24, 2.45) is 5.92 Å². The molecule has 21 heavy (non-hydrogen) atoms. The molecule has 2 unspecified atom stereocenters. The minimum atomic E-state index is 0.171. The van der Waals surface area contributed by atoms with Crippen molar-refractivity contribution in [3.63, 3.8) is 0 Å². The quantitative estimate of drug-likeness (QED) is 0.861. The second-order valence-corrected chi connectivity index (χ2v) is 5.93. The topological polar surface area (TPSA) is 32.3 Å². The van der Waals surface area contributed by atoms with Gasteiger partial charge < -0.3 is 10.2 Å². The van der Waals surface area contributed by atoms with Crippen molar-refractivity contribution in [1.82, 2.24) is 5.32 Å². The van der Waals surface area contributed by atoms with Crippen LogP contribution in [0.4, 0.5) is 5.69 Å².